The van der Waals surface area contributed by atoms with E-state index >= 15 is 0 Å². The van der Waals surface area contributed by atoms with Gasteiger partial charge in [-0.2, -0.15) is 0 Å². The lowest BCUT2D eigenvalue weighted by molar-refractivity contribution is -0.162. The van der Waals surface area contributed by atoms with E-state index in [4.69, 9.17) is 14.2 Å². The van der Waals surface area contributed by atoms with E-state index in [0.717, 1.165) is 30.9 Å². The van der Waals surface area contributed by atoms with Crippen LogP contribution in [0.2, 0.25) is 0 Å². The van der Waals surface area contributed by atoms with Crippen LogP contribution in [0.25, 0.3) is 0 Å². The molecule has 0 unspecified atom stereocenters. The third-order valence-corrected chi connectivity index (χ3v) is 7.39. The normalized spacial score (nSPS) is 28.9. The van der Waals surface area contributed by atoms with Gasteiger partial charge in [-0.25, -0.2) is 4.79 Å². The molecule has 0 spiro atoms. The zero-order valence-corrected chi connectivity index (χ0v) is 20.9. The summed E-state index contributed by atoms with van der Waals surface area (Å²) in [5.41, 5.74) is 0.724. The van der Waals surface area contributed by atoms with Crippen LogP contribution in [0.15, 0.2) is 36.9 Å². The van der Waals surface area contributed by atoms with Gasteiger partial charge in [0.1, 0.15) is 17.9 Å². The van der Waals surface area contributed by atoms with Gasteiger partial charge < -0.3 is 19.1 Å². The van der Waals surface area contributed by atoms with Crippen LogP contribution in [-0.2, 0) is 23.9 Å². The smallest absolute Gasteiger partial charge is 0.328 e. The zero-order valence-electron chi connectivity index (χ0n) is 20.9. The predicted molar refractivity (Wildman–Crippen MR) is 128 cm³/mol. The van der Waals surface area contributed by atoms with Gasteiger partial charge in [0, 0.05) is 0 Å². The summed E-state index contributed by atoms with van der Waals surface area (Å²) in [7, 11) is 2.85. The number of carbonyl (C=O) groups excluding carboxylic acids is 3. The number of hydrogen-bond acceptors (Lipinski definition) is 6. The van der Waals surface area contributed by atoms with Gasteiger partial charge in [0.15, 0.2) is 0 Å². The van der Waals surface area contributed by atoms with Crippen LogP contribution in [0.3, 0.4) is 0 Å². The summed E-state index contributed by atoms with van der Waals surface area (Å²) in [6, 6.07) is 5.60. The Balaban J connectivity index is 1.97. The fourth-order valence-corrected chi connectivity index (χ4v) is 5.52. The van der Waals surface area contributed by atoms with E-state index in [2.05, 4.69) is 27.4 Å². The molecule has 0 N–H and O–H groups in total. The Morgan fingerprint density at radius 1 is 1.06 bits per heavy atom. The van der Waals surface area contributed by atoms with Gasteiger partial charge in [-0.1, -0.05) is 45.9 Å². The highest BCUT2D eigenvalue weighted by Crippen LogP contribution is 2.44. The lowest BCUT2D eigenvalue weighted by Crippen LogP contribution is -2.42. The van der Waals surface area contributed by atoms with Gasteiger partial charge in [0.05, 0.1) is 26.2 Å². The monoisotopic (exact) mass is 471 g/mol. The summed E-state index contributed by atoms with van der Waals surface area (Å²) in [4.78, 5) is 40.6. The minimum atomic E-state index is -0.897. The summed E-state index contributed by atoms with van der Waals surface area (Å²) in [5, 5.41) is 0. The van der Waals surface area contributed by atoms with Gasteiger partial charge in [-0.3, -0.25) is 9.59 Å². The molecule has 7 nitrogen and oxygen atoms in total. The molecule has 1 aromatic rings. The second-order valence-electron chi connectivity index (χ2n) is 9.85. The van der Waals surface area contributed by atoms with Crippen molar-refractivity contribution in [2.75, 3.05) is 14.2 Å². The number of esters is 2. The molecule has 0 aromatic heterocycles. The topological polar surface area (TPSA) is 82.1 Å². The molecule has 1 aliphatic carbocycles. The largest absolute Gasteiger partial charge is 0.497 e. The Kier molecular flexibility index (Phi) is 8.39. The summed E-state index contributed by atoms with van der Waals surface area (Å²) in [6.07, 6.45) is 4.10. The van der Waals surface area contributed by atoms with E-state index in [-0.39, 0.29) is 18.5 Å². The molecule has 34 heavy (non-hydrogen) atoms. The first-order valence-electron chi connectivity index (χ1n) is 12.1. The molecule has 2 aliphatic rings. The van der Waals surface area contributed by atoms with Crippen LogP contribution in [0, 0.1) is 23.7 Å². The second-order valence-corrected chi connectivity index (χ2v) is 9.85. The fraction of sp³-hybridized carbons (Fsp3) is 0.593. The number of methoxy groups -OCH3 is 2. The molecule has 7 heteroatoms. The average molecular weight is 472 g/mol. The number of ether oxygens (including phenoxy) is 3. The molecule has 1 aromatic carbocycles. The van der Waals surface area contributed by atoms with Crippen molar-refractivity contribution in [1.29, 1.82) is 0 Å². The molecule has 0 radical (unpaired) electrons. The molecule has 1 aliphatic heterocycles. The standard InChI is InChI=1S/C27H37NO6/c1-7-24(29)28-22(27(31)33-6)15-21(25(28)18-9-11-19(32-5)12-10-18)26(30)34-23-14-17(4)8-13-20(23)16(2)3/h7,9-12,16-17,20-23,25H,1,8,13-15H2,2-6H3/t17-,20+,21+,22+,23-,25+/m1/s1. The number of likely N-dealkylation sites (tertiary alicyclic amines) is 1. The van der Waals surface area contributed by atoms with Gasteiger partial charge in [-0.05, 0) is 60.8 Å². The van der Waals surface area contributed by atoms with Crippen LogP contribution in [0.5, 0.6) is 5.75 Å². The van der Waals surface area contributed by atoms with E-state index in [1.165, 1.54) is 12.0 Å². The molecule has 0 bridgehead atoms. The molecule has 6 atom stereocenters. The molecule has 186 valence electrons. The minimum Gasteiger partial charge on any atom is -0.497 e. The van der Waals surface area contributed by atoms with Gasteiger partial charge in [-0.15, -0.1) is 0 Å². The first-order chi connectivity index (χ1) is 16.2. The van der Waals surface area contributed by atoms with Crippen molar-refractivity contribution in [3.63, 3.8) is 0 Å². The van der Waals surface area contributed by atoms with Crippen molar-refractivity contribution in [2.24, 2.45) is 23.7 Å². The number of amides is 1. The predicted octanol–water partition coefficient (Wildman–Crippen LogP) is 4.32. The third kappa shape index (κ3) is 5.29. The van der Waals surface area contributed by atoms with Gasteiger partial charge in [0.2, 0.25) is 5.91 Å². The molecule has 1 heterocycles. The maximum atomic E-state index is 13.6. The van der Waals surface area contributed by atoms with Crippen LogP contribution < -0.4 is 4.74 Å². The zero-order chi connectivity index (χ0) is 25.0. The Hall–Kier alpha value is -2.83. The van der Waals surface area contributed by atoms with Gasteiger partial charge in [0.25, 0.3) is 0 Å². The van der Waals surface area contributed by atoms with Crippen molar-refractivity contribution in [1.82, 2.24) is 4.90 Å². The Labute approximate surface area is 202 Å². The average Bonchev–Trinajstić information content (AvgIpc) is 3.23. The van der Waals surface area contributed by atoms with Crippen LogP contribution in [0.1, 0.15) is 58.1 Å². The van der Waals surface area contributed by atoms with E-state index < -0.39 is 29.9 Å². The highest BCUT2D eigenvalue weighted by atomic mass is 16.5. The van der Waals surface area contributed by atoms with E-state index in [1.807, 2.05) is 12.1 Å². The Morgan fingerprint density at radius 2 is 1.74 bits per heavy atom. The molecule has 1 saturated heterocycles. The molecular weight excluding hydrogens is 434 g/mol. The van der Waals surface area contributed by atoms with Crippen LogP contribution in [-0.4, -0.2) is 49.1 Å². The molecule has 3 rings (SSSR count). The highest BCUT2D eigenvalue weighted by Gasteiger charge is 2.51. The number of nitrogens with zero attached hydrogens (tertiary/aromatic N) is 1. The van der Waals surface area contributed by atoms with Crippen molar-refractivity contribution >= 4 is 17.8 Å². The summed E-state index contributed by atoms with van der Waals surface area (Å²) >= 11 is 0. The van der Waals surface area contributed by atoms with Crippen molar-refractivity contribution in [3.8, 4) is 5.75 Å². The fourth-order valence-electron chi connectivity index (χ4n) is 5.52. The minimum absolute atomic E-state index is 0.135. The molecule has 1 saturated carbocycles. The first kappa shape index (κ1) is 25.8. The highest BCUT2D eigenvalue weighted by molar-refractivity contribution is 5.93. The molecule has 2 fully saturated rings. The molecule has 1 amide bonds. The number of benzene rings is 1. The van der Waals surface area contributed by atoms with E-state index in [9.17, 15) is 14.4 Å². The number of rotatable bonds is 7. The van der Waals surface area contributed by atoms with Crippen molar-refractivity contribution < 1.29 is 28.6 Å². The van der Waals surface area contributed by atoms with E-state index in [0.29, 0.717) is 23.5 Å². The van der Waals surface area contributed by atoms with Crippen LogP contribution in [0.4, 0.5) is 0 Å². The third-order valence-electron chi connectivity index (χ3n) is 7.39. The van der Waals surface area contributed by atoms with Crippen LogP contribution >= 0.6 is 0 Å². The van der Waals surface area contributed by atoms with Gasteiger partial charge >= 0.3 is 11.9 Å². The number of hydrogen-bond donors (Lipinski definition) is 0. The summed E-state index contributed by atoms with van der Waals surface area (Å²) in [6.45, 7) is 10.1. The maximum Gasteiger partial charge on any atom is 0.328 e. The SMILES string of the molecule is C=CC(=O)N1[C@H](C(=O)OC)C[C@H](C(=O)O[C@@H]2C[C@H](C)CC[C@H]2C(C)C)[C@@H]1c1ccc(OC)cc1. The summed E-state index contributed by atoms with van der Waals surface area (Å²) < 4.78 is 16.4. The van der Waals surface area contributed by atoms with E-state index in [1.54, 1.807) is 19.2 Å². The Morgan fingerprint density at radius 3 is 2.29 bits per heavy atom. The lowest BCUT2D eigenvalue weighted by Gasteiger charge is -2.37. The Bertz CT molecular complexity index is 895. The first-order valence-corrected chi connectivity index (χ1v) is 12.1. The lowest BCUT2D eigenvalue weighted by atomic mass is 9.75. The van der Waals surface area contributed by atoms with Crippen molar-refractivity contribution in [3.05, 3.63) is 42.5 Å². The molecular formula is C27H37NO6. The second kappa shape index (κ2) is 11.1. The van der Waals surface area contributed by atoms with Crippen molar-refractivity contribution in [2.45, 2.75) is 64.6 Å². The quantitative estimate of drug-likeness (QED) is 0.435. The maximum absolute atomic E-state index is 13.6. The number of carbonyl (C=O) groups is 3. The summed E-state index contributed by atoms with van der Waals surface area (Å²) in [5.74, 6) is -0.242.